The first-order chi connectivity index (χ1) is 11.9. The lowest BCUT2D eigenvalue weighted by Crippen LogP contribution is -2.31. The van der Waals surface area contributed by atoms with Crippen LogP contribution in [0, 0.1) is 5.92 Å². The second-order valence-electron chi connectivity index (χ2n) is 6.64. The number of aromatic nitrogens is 3. The average Bonchev–Trinajstić information content (AvgIpc) is 2.98. The van der Waals surface area contributed by atoms with E-state index in [-0.39, 0.29) is 11.9 Å². The summed E-state index contributed by atoms with van der Waals surface area (Å²) < 4.78 is 7.39. The Morgan fingerprint density at radius 3 is 2.68 bits per heavy atom. The molecule has 1 amide bonds. The van der Waals surface area contributed by atoms with Crippen molar-refractivity contribution in [3.63, 3.8) is 0 Å². The lowest BCUT2D eigenvalue weighted by Gasteiger charge is -2.20. The molecule has 1 N–H and O–H groups in total. The van der Waals surface area contributed by atoms with E-state index in [1.54, 1.807) is 16.8 Å². The fraction of sp³-hybridized carbons (Fsp3) is 0.421. The molecule has 0 aliphatic carbocycles. The number of hydrogen-bond donors (Lipinski definition) is 1. The number of aryl methyl sites for hydroxylation is 1. The number of amides is 1. The van der Waals surface area contributed by atoms with Crippen LogP contribution < -0.4 is 10.1 Å². The van der Waals surface area contributed by atoms with Gasteiger partial charge in [-0.25, -0.2) is 4.98 Å². The Kier molecular flexibility index (Phi) is 6.33. The molecule has 0 radical (unpaired) electrons. The number of nitrogens with zero attached hydrogens (tertiary/aromatic N) is 3. The molecule has 0 saturated heterocycles. The number of ether oxygens (including phenoxy) is 1. The van der Waals surface area contributed by atoms with E-state index in [1.165, 1.54) is 6.33 Å². The standard InChI is InChI=1S/C19H26N4O2/c1-13(2)10-16(18-20-12-21-23(18)5)22-19(24)15-8-6-7-9-17(15)25-11-14(3)4/h6-9,12-13,16H,3,10-11H2,1-2,4-5H3,(H,22,24)/t16-/m1/s1. The molecule has 0 spiro atoms. The third-order valence-electron chi connectivity index (χ3n) is 3.68. The molecule has 0 aliphatic heterocycles. The van der Waals surface area contributed by atoms with Crippen LogP contribution in [0.5, 0.6) is 5.75 Å². The summed E-state index contributed by atoms with van der Waals surface area (Å²) in [6, 6.07) is 7.00. The van der Waals surface area contributed by atoms with Crippen LogP contribution in [0.2, 0.25) is 0 Å². The summed E-state index contributed by atoms with van der Waals surface area (Å²) in [5, 5.41) is 7.18. The van der Waals surface area contributed by atoms with Crippen molar-refractivity contribution in [1.82, 2.24) is 20.1 Å². The summed E-state index contributed by atoms with van der Waals surface area (Å²) in [6.07, 6.45) is 2.27. The van der Waals surface area contributed by atoms with Crippen molar-refractivity contribution in [3.8, 4) is 5.75 Å². The minimum atomic E-state index is -0.214. The lowest BCUT2D eigenvalue weighted by molar-refractivity contribution is 0.0925. The first-order valence-corrected chi connectivity index (χ1v) is 8.39. The summed E-state index contributed by atoms with van der Waals surface area (Å²) in [5.41, 5.74) is 1.40. The molecule has 6 heteroatoms. The smallest absolute Gasteiger partial charge is 0.255 e. The normalized spacial score (nSPS) is 12.0. The van der Waals surface area contributed by atoms with Crippen LogP contribution in [0.1, 0.15) is 49.4 Å². The Morgan fingerprint density at radius 2 is 2.08 bits per heavy atom. The van der Waals surface area contributed by atoms with Crippen LogP contribution in [-0.4, -0.2) is 27.3 Å². The molecule has 134 valence electrons. The lowest BCUT2D eigenvalue weighted by atomic mass is 10.0. The maximum Gasteiger partial charge on any atom is 0.255 e. The van der Waals surface area contributed by atoms with Crippen molar-refractivity contribution in [2.75, 3.05) is 6.61 Å². The molecule has 0 fully saturated rings. The third kappa shape index (κ3) is 5.17. The molecule has 1 aromatic heterocycles. The Hall–Kier alpha value is -2.63. The average molecular weight is 342 g/mol. The molecule has 0 saturated carbocycles. The molecule has 0 bridgehead atoms. The van der Waals surface area contributed by atoms with E-state index < -0.39 is 0 Å². The quantitative estimate of drug-likeness (QED) is 0.748. The Bertz CT molecular complexity index is 737. The minimum absolute atomic E-state index is 0.189. The number of rotatable bonds is 8. The van der Waals surface area contributed by atoms with Gasteiger partial charge in [0.2, 0.25) is 0 Å². The third-order valence-corrected chi connectivity index (χ3v) is 3.68. The SMILES string of the molecule is C=C(C)COc1ccccc1C(=O)N[C@H](CC(C)C)c1ncnn1C. The van der Waals surface area contributed by atoms with Crippen LogP contribution in [-0.2, 0) is 7.05 Å². The van der Waals surface area contributed by atoms with E-state index in [0.717, 1.165) is 17.8 Å². The number of carbonyl (C=O) groups is 1. The van der Waals surface area contributed by atoms with Crippen LogP contribution in [0.25, 0.3) is 0 Å². The van der Waals surface area contributed by atoms with Crippen LogP contribution in [0.15, 0.2) is 42.7 Å². The second-order valence-corrected chi connectivity index (χ2v) is 6.64. The first-order valence-electron chi connectivity index (χ1n) is 8.39. The van der Waals surface area contributed by atoms with Crippen molar-refractivity contribution >= 4 is 5.91 Å². The predicted molar refractivity (Wildman–Crippen MR) is 97.4 cm³/mol. The minimum Gasteiger partial charge on any atom is -0.488 e. The van der Waals surface area contributed by atoms with Gasteiger partial charge >= 0.3 is 0 Å². The highest BCUT2D eigenvalue weighted by atomic mass is 16.5. The van der Waals surface area contributed by atoms with Crippen LogP contribution in [0.3, 0.4) is 0 Å². The van der Waals surface area contributed by atoms with E-state index in [4.69, 9.17) is 4.74 Å². The molecule has 2 aromatic rings. The highest BCUT2D eigenvalue weighted by molar-refractivity contribution is 5.97. The Balaban J connectivity index is 2.21. The van der Waals surface area contributed by atoms with Gasteiger partial charge in [-0.15, -0.1) is 0 Å². The molecule has 2 rings (SSSR count). The highest BCUT2D eigenvalue weighted by Crippen LogP contribution is 2.23. The number of para-hydroxylation sites is 1. The van der Waals surface area contributed by atoms with E-state index in [2.05, 4.69) is 35.8 Å². The number of carbonyl (C=O) groups excluding carboxylic acids is 1. The summed E-state index contributed by atoms with van der Waals surface area (Å²) >= 11 is 0. The van der Waals surface area contributed by atoms with Crippen LogP contribution >= 0.6 is 0 Å². The summed E-state index contributed by atoms with van der Waals surface area (Å²) in [7, 11) is 1.83. The van der Waals surface area contributed by atoms with Gasteiger partial charge in [-0.2, -0.15) is 5.10 Å². The zero-order valence-electron chi connectivity index (χ0n) is 15.3. The van der Waals surface area contributed by atoms with Gasteiger partial charge in [0.15, 0.2) is 0 Å². The molecular weight excluding hydrogens is 316 g/mol. The molecule has 1 aromatic carbocycles. The molecule has 0 unspecified atom stereocenters. The fourth-order valence-electron chi connectivity index (χ4n) is 2.54. The van der Waals surface area contributed by atoms with Gasteiger partial charge in [0.1, 0.15) is 24.5 Å². The summed E-state index contributed by atoms with van der Waals surface area (Å²) in [5.74, 6) is 1.49. The van der Waals surface area contributed by atoms with E-state index in [0.29, 0.717) is 23.8 Å². The molecule has 6 nitrogen and oxygen atoms in total. The second kappa shape index (κ2) is 8.46. The van der Waals surface area contributed by atoms with Gasteiger partial charge in [-0.1, -0.05) is 32.6 Å². The largest absolute Gasteiger partial charge is 0.488 e. The van der Waals surface area contributed by atoms with Gasteiger partial charge < -0.3 is 10.1 Å². The summed E-state index contributed by atoms with van der Waals surface area (Å²) in [4.78, 5) is 17.1. The monoisotopic (exact) mass is 342 g/mol. The molecule has 1 heterocycles. The maximum absolute atomic E-state index is 12.8. The zero-order valence-corrected chi connectivity index (χ0v) is 15.3. The van der Waals surface area contributed by atoms with Gasteiger partial charge in [0.05, 0.1) is 11.6 Å². The van der Waals surface area contributed by atoms with Gasteiger partial charge in [0, 0.05) is 7.05 Å². The Labute approximate surface area is 148 Å². The highest BCUT2D eigenvalue weighted by Gasteiger charge is 2.22. The van der Waals surface area contributed by atoms with E-state index in [9.17, 15) is 4.79 Å². The number of hydrogen-bond acceptors (Lipinski definition) is 4. The van der Waals surface area contributed by atoms with Crippen molar-refractivity contribution in [2.45, 2.75) is 33.2 Å². The molecule has 0 aliphatic rings. The van der Waals surface area contributed by atoms with Crippen molar-refractivity contribution in [2.24, 2.45) is 13.0 Å². The maximum atomic E-state index is 12.8. The molecule has 1 atom stereocenters. The topological polar surface area (TPSA) is 69.0 Å². The summed E-state index contributed by atoms with van der Waals surface area (Å²) in [6.45, 7) is 10.3. The fourth-order valence-corrected chi connectivity index (χ4v) is 2.54. The molecule has 25 heavy (non-hydrogen) atoms. The van der Waals surface area contributed by atoms with E-state index >= 15 is 0 Å². The first kappa shape index (κ1) is 18.7. The molecular formula is C19H26N4O2. The van der Waals surface area contributed by atoms with E-state index in [1.807, 2.05) is 26.1 Å². The van der Waals surface area contributed by atoms with Gasteiger partial charge in [0.25, 0.3) is 5.91 Å². The van der Waals surface area contributed by atoms with Crippen LogP contribution in [0.4, 0.5) is 0 Å². The predicted octanol–water partition coefficient (Wildman–Crippen LogP) is 3.29. The van der Waals surface area contributed by atoms with Crippen molar-refractivity contribution in [3.05, 3.63) is 54.1 Å². The Morgan fingerprint density at radius 1 is 1.36 bits per heavy atom. The van der Waals surface area contributed by atoms with Gasteiger partial charge in [-0.3, -0.25) is 9.48 Å². The van der Waals surface area contributed by atoms with Crippen molar-refractivity contribution in [1.29, 1.82) is 0 Å². The zero-order chi connectivity index (χ0) is 18.4. The van der Waals surface area contributed by atoms with Crippen molar-refractivity contribution < 1.29 is 9.53 Å². The number of benzene rings is 1. The van der Waals surface area contributed by atoms with Gasteiger partial charge in [-0.05, 0) is 37.0 Å². The number of nitrogens with one attached hydrogen (secondary N) is 1.